The third-order valence-electron chi connectivity index (χ3n) is 2.26. The molecule has 1 aromatic carbocycles. The molecule has 0 aromatic heterocycles. The van der Waals surface area contributed by atoms with Gasteiger partial charge in [0, 0.05) is 6.08 Å². The second-order valence-corrected chi connectivity index (χ2v) is 3.95. The van der Waals surface area contributed by atoms with Gasteiger partial charge in [0.2, 0.25) is 0 Å². The summed E-state index contributed by atoms with van der Waals surface area (Å²) in [5.41, 5.74) is 0. The zero-order valence-corrected chi connectivity index (χ0v) is 12.4. The topological polar surface area (TPSA) is 100 Å². The number of rotatable bonds is 8. The van der Waals surface area contributed by atoms with E-state index < -0.39 is 18.2 Å². The zero-order chi connectivity index (χ0) is 16.9. The fraction of sp³-hybridized carbons (Fsp3) is 0.267. The summed E-state index contributed by atoms with van der Waals surface area (Å²) in [6.45, 7) is 3.03. The van der Waals surface area contributed by atoms with Crippen molar-refractivity contribution < 1.29 is 33.3 Å². The van der Waals surface area contributed by atoms with Gasteiger partial charge in [0.05, 0.1) is 6.54 Å². The van der Waals surface area contributed by atoms with Crippen LogP contribution < -0.4 is 10.1 Å². The van der Waals surface area contributed by atoms with Gasteiger partial charge in [-0.25, -0.2) is 14.4 Å². The van der Waals surface area contributed by atoms with Crippen LogP contribution in [0.25, 0.3) is 0 Å². The van der Waals surface area contributed by atoms with Crippen molar-refractivity contribution in [2.75, 3.05) is 26.4 Å². The summed E-state index contributed by atoms with van der Waals surface area (Å²) in [5.74, 6) is -0.226. The van der Waals surface area contributed by atoms with Crippen molar-refractivity contribution in [1.82, 2.24) is 5.32 Å². The van der Waals surface area contributed by atoms with Crippen molar-refractivity contribution in [3.05, 3.63) is 43.0 Å². The molecule has 23 heavy (non-hydrogen) atoms. The third-order valence-corrected chi connectivity index (χ3v) is 2.26. The maximum absolute atomic E-state index is 11.3. The summed E-state index contributed by atoms with van der Waals surface area (Å²) in [6.07, 6.45) is -0.597. The number of alkyl carbamates (subject to hydrolysis) is 1. The van der Waals surface area contributed by atoms with Crippen molar-refractivity contribution in [2.45, 2.75) is 0 Å². The maximum Gasteiger partial charge on any atom is 0.513 e. The minimum absolute atomic E-state index is 0.000144. The van der Waals surface area contributed by atoms with Crippen LogP contribution in [-0.4, -0.2) is 44.6 Å². The van der Waals surface area contributed by atoms with E-state index in [0.29, 0.717) is 5.75 Å². The highest BCUT2D eigenvalue weighted by atomic mass is 16.7. The maximum atomic E-state index is 11.3. The molecule has 1 rings (SSSR count). The molecular formula is C15H17NO7. The number of carbonyl (C=O) groups excluding carboxylic acids is 3. The van der Waals surface area contributed by atoms with E-state index in [1.807, 2.05) is 0 Å². The highest BCUT2D eigenvalue weighted by Crippen LogP contribution is 2.08. The minimum Gasteiger partial charge on any atom is -0.461 e. The molecule has 0 aliphatic heterocycles. The first-order valence-electron chi connectivity index (χ1n) is 6.71. The van der Waals surface area contributed by atoms with E-state index in [2.05, 4.69) is 16.6 Å². The Kier molecular flexibility index (Phi) is 8.35. The Morgan fingerprint density at radius 1 is 1.00 bits per heavy atom. The van der Waals surface area contributed by atoms with E-state index in [1.54, 1.807) is 30.3 Å². The van der Waals surface area contributed by atoms with E-state index in [1.165, 1.54) is 0 Å². The van der Waals surface area contributed by atoms with E-state index >= 15 is 0 Å². The Morgan fingerprint density at radius 3 is 2.39 bits per heavy atom. The molecule has 0 fully saturated rings. The molecule has 8 heteroatoms. The molecule has 0 radical (unpaired) electrons. The summed E-state index contributed by atoms with van der Waals surface area (Å²) < 4.78 is 19.0. The number of nitrogens with one attached hydrogen (secondary N) is 1. The predicted molar refractivity (Wildman–Crippen MR) is 78.9 cm³/mol. The van der Waals surface area contributed by atoms with Crippen molar-refractivity contribution >= 4 is 18.2 Å². The quantitative estimate of drug-likeness (QED) is 0.255. The second kappa shape index (κ2) is 10.7. The van der Waals surface area contributed by atoms with Crippen LogP contribution in [0.4, 0.5) is 9.59 Å². The van der Waals surface area contributed by atoms with E-state index in [9.17, 15) is 14.4 Å². The Bertz CT molecular complexity index is 530. The molecule has 0 aliphatic carbocycles. The number of hydrogen-bond donors (Lipinski definition) is 1. The number of benzene rings is 1. The molecule has 0 aliphatic rings. The molecule has 8 nitrogen and oxygen atoms in total. The van der Waals surface area contributed by atoms with Crippen LogP contribution in [0.5, 0.6) is 5.75 Å². The highest BCUT2D eigenvalue weighted by Gasteiger charge is 2.07. The summed E-state index contributed by atoms with van der Waals surface area (Å²) in [4.78, 5) is 33.2. The first-order valence-corrected chi connectivity index (χ1v) is 6.71. The highest BCUT2D eigenvalue weighted by molar-refractivity contribution is 5.81. The van der Waals surface area contributed by atoms with Gasteiger partial charge in [-0.15, -0.1) is 0 Å². The lowest BCUT2D eigenvalue weighted by atomic mass is 10.3. The van der Waals surface area contributed by atoms with Gasteiger partial charge >= 0.3 is 18.2 Å². The molecule has 0 heterocycles. The van der Waals surface area contributed by atoms with Gasteiger partial charge in [-0.05, 0) is 12.1 Å². The lowest BCUT2D eigenvalue weighted by molar-refractivity contribution is -0.137. The van der Waals surface area contributed by atoms with Crippen molar-refractivity contribution in [1.29, 1.82) is 0 Å². The molecule has 1 N–H and O–H groups in total. The van der Waals surface area contributed by atoms with Crippen LogP contribution in [0.1, 0.15) is 0 Å². The molecule has 0 bridgehead atoms. The normalized spacial score (nSPS) is 9.39. The fourth-order valence-electron chi connectivity index (χ4n) is 1.29. The molecule has 0 saturated heterocycles. The lowest BCUT2D eigenvalue weighted by Crippen LogP contribution is -2.29. The summed E-state index contributed by atoms with van der Waals surface area (Å²) in [6, 6.07) is 8.41. The van der Waals surface area contributed by atoms with Crippen molar-refractivity contribution in [3.8, 4) is 5.75 Å². The monoisotopic (exact) mass is 323 g/mol. The van der Waals surface area contributed by atoms with Gasteiger partial charge in [-0.2, -0.15) is 0 Å². The van der Waals surface area contributed by atoms with Crippen LogP contribution >= 0.6 is 0 Å². The first kappa shape index (κ1) is 18.0. The number of esters is 1. The van der Waals surface area contributed by atoms with Crippen LogP contribution in [-0.2, 0) is 19.0 Å². The Labute approximate surface area is 133 Å². The minimum atomic E-state index is -0.892. The van der Waals surface area contributed by atoms with Crippen molar-refractivity contribution in [2.24, 2.45) is 0 Å². The molecule has 1 amide bonds. The third kappa shape index (κ3) is 8.76. The number of ether oxygens (including phenoxy) is 4. The summed E-state index contributed by atoms with van der Waals surface area (Å²) in [5, 5.41) is 2.35. The largest absolute Gasteiger partial charge is 0.513 e. The van der Waals surface area contributed by atoms with Crippen LogP contribution in [0.15, 0.2) is 43.0 Å². The number of carbonyl (C=O) groups is 3. The van der Waals surface area contributed by atoms with Gasteiger partial charge in [0.15, 0.2) is 0 Å². The number of hydrogen-bond acceptors (Lipinski definition) is 7. The van der Waals surface area contributed by atoms with Crippen LogP contribution in [0.3, 0.4) is 0 Å². The lowest BCUT2D eigenvalue weighted by Gasteiger charge is -2.08. The summed E-state index contributed by atoms with van der Waals surface area (Å²) in [7, 11) is 0. The van der Waals surface area contributed by atoms with Gasteiger partial charge in [0.25, 0.3) is 0 Å². The molecule has 0 saturated carbocycles. The molecule has 0 unspecified atom stereocenters. The molecule has 124 valence electrons. The van der Waals surface area contributed by atoms with E-state index in [4.69, 9.17) is 14.2 Å². The van der Waals surface area contributed by atoms with Gasteiger partial charge in [0.1, 0.15) is 25.6 Å². The van der Waals surface area contributed by atoms with Crippen LogP contribution in [0, 0.1) is 0 Å². The molecule has 1 aromatic rings. The van der Waals surface area contributed by atoms with E-state index in [-0.39, 0.29) is 26.4 Å². The first-order chi connectivity index (χ1) is 11.1. The zero-order valence-electron chi connectivity index (χ0n) is 12.4. The SMILES string of the molecule is C=CC(=O)OCCNC(=O)OCCOC(=O)Oc1ccccc1. The fourth-order valence-corrected chi connectivity index (χ4v) is 1.29. The van der Waals surface area contributed by atoms with Gasteiger partial charge in [-0.1, -0.05) is 24.8 Å². The van der Waals surface area contributed by atoms with E-state index in [0.717, 1.165) is 6.08 Å². The Morgan fingerprint density at radius 2 is 1.70 bits per heavy atom. The Balaban J connectivity index is 2.03. The van der Waals surface area contributed by atoms with Gasteiger partial charge in [-0.3, -0.25) is 0 Å². The van der Waals surface area contributed by atoms with Gasteiger partial charge < -0.3 is 24.3 Å². The molecule has 0 atom stereocenters. The van der Waals surface area contributed by atoms with Crippen molar-refractivity contribution in [3.63, 3.8) is 0 Å². The predicted octanol–water partition coefficient (Wildman–Crippen LogP) is 1.66. The summed E-state index contributed by atoms with van der Waals surface area (Å²) >= 11 is 0. The molecule has 0 spiro atoms. The van der Waals surface area contributed by atoms with Crippen LogP contribution in [0.2, 0.25) is 0 Å². The average Bonchev–Trinajstić information content (AvgIpc) is 2.56. The number of para-hydroxylation sites is 1. The second-order valence-electron chi connectivity index (χ2n) is 3.95. The average molecular weight is 323 g/mol. The smallest absolute Gasteiger partial charge is 0.461 e. The number of amides is 1. The Hall–Kier alpha value is -3.03. The standard InChI is InChI=1S/C15H17NO7/c1-2-13(17)20-9-8-16-14(18)21-10-11-22-15(19)23-12-6-4-3-5-7-12/h2-7H,1,8-11H2,(H,16,18). The molecular weight excluding hydrogens is 306 g/mol.